The van der Waals surface area contributed by atoms with Crippen LogP contribution in [0.4, 0.5) is 0 Å². The average Bonchev–Trinajstić information content (AvgIpc) is 3.21. The van der Waals surface area contributed by atoms with E-state index in [4.69, 9.17) is 0 Å². The summed E-state index contributed by atoms with van der Waals surface area (Å²) in [6.45, 7) is 4.52. The summed E-state index contributed by atoms with van der Waals surface area (Å²) in [5.41, 5.74) is 2.89. The van der Waals surface area contributed by atoms with Crippen LogP contribution in [0, 0.1) is 0 Å². The predicted octanol–water partition coefficient (Wildman–Crippen LogP) is 4.64. The molecule has 4 rings (SSSR count). The van der Waals surface area contributed by atoms with Crippen LogP contribution in [0.25, 0.3) is 5.65 Å². The van der Waals surface area contributed by atoms with Gasteiger partial charge in [0, 0.05) is 19.3 Å². The lowest BCUT2D eigenvalue weighted by Crippen LogP contribution is -2.30. The summed E-state index contributed by atoms with van der Waals surface area (Å²) >= 11 is 1.55. The number of nitrogens with zero attached hydrogens (tertiary/aromatic N) is 4. The van der Waals surface area contributed by atoms with E-state index in [1.165, 1.54) is 4.31 Å². The van der Waals surface area contributed by atoms with E-state index >= 15 is 0 Å². The van der Waals surface area contributed by atoms with E-state index in [0.717, 1.165) is 11.1 Å². The van der Waals surface area contributed by atoms with Crippen LogP contribution in [0.2, 0.25) is 0 Å². The number of fused-ring (bicyclic) bond motifs is 1. The van der Waals surface area contributed by atoms with Crippen molar-refractivity contribution in [3.63, 3.8) is 0 Å². The minimum atomic E-state index is -3.57. The molecular formula is C23H24N4O2S2. The summed E-state index contributed by atoms with van der Waals surface area (Å²) in [6.07, 6.45) is 1.62. The number of aromatic nitrogens is 3. The Morgan fingerprint density at radius 1 is 0.871 bits per heavy atom. The van der Waals surface area contributed by atoms with Gasteiger partial charge in [-0.25, -0.2) is 8.42 Å². The van der Waals surface area contributed by atoms with Crippen LogP contribution in [0.15, 0.2) is 89.0 Å². The number of rotatable bonds is 8. The lowest BCUT2D eigenvalue weighted by atomic mass is 10.0. The molecule has 0 fully saturated rings. The first-order chi connectivity index (χ1) is 15.0. The molecule has 4 aromatic rings. The highest BCUT2D eigenvalue weighted by Gasteiger charge is 2.24. The summed E-state index contributed by atoms with van der Waals surface area (Å²) in [4.78, 5) is 0.237. The molecule has 160 valence electrons. The molecule has 0 saturated carbocycles. The summed E-state index contributed by atoms with van der Waals surface area (Å²) in [7, 11) is -3.57. The Morgan fingerprint density at radius 3 is 2.00 bits per heavy atom. The molecule has 0 amide bonds. The quantitative estimate of drug-likeness (QED) is 0.364. The summed E-state index contributed by atoms with van der Waals surface area (Å²) in [6, 6.07) is 23.7. The van der Waals surface area contributed by atoms with Crippen molar-refractivity contribution in [3.8, 4) is 0 Å². The fourth-order valence-electron chi connectivity index (χ4n) is 3.49. The number of hydrogen-bond donors (Lipinski definition) is 0. The van der Waals surface area contributed by atoms with Crippen molar-refractivity contribution in [2.24, 2.45) is 0 Å². The zero-order valence-corrected chi connectivity index (χ0v) is 19.1. The molecular weight excluding hydrogens is 428 g/mol. The first-order valence-corrected chi connectivity index (χ1v) is 12.5. The number of hydrogen-bond acceptors (Lipinski definition) is 5. The molecule has 0 saturated heterocycles. The van der Waals surface area contributed by atoms with Gasteiger partial charge in [0.15, 0.2) is 10.8 Å². The Kier molecular flexibility index (Phi) is 6.41. The van der Waals surface area contributed by atoms with Crippen molar-refractivity contribution in [2.45, 2.75) is 29.1 Å². The standard InChI is InChI=1S/C23H24N4O2S2/c1-3-26(4-2)31(28,29)20-15-16-21-24-25-23(27(21)17-20)30-22(18-11-7-5-8-12-18)19-13-9-6-10-14-19/h5-17,22H,3-4H2,1-2H3. The van der Waals surface area contributed by atoms with E-state index in [1.807, 2.05) is 50.2 Å². The van der Waals surface area contributed by atoms with Gasteiger partial charge in [0.05, 0.1) is 10.1 Å². The average molecular weight is 453 g/mol. The highest BCUT2D eigenvalue weighted by Crippen LogP contribution is 2.39. The lowest BCUT2D eigenvalue weighted by Gasteiger charge is -2.19. The van der Waals surface area contributed by atoms with Gasteiger partial charge < -0.3 is 0 Å². The normalized spacial score (nSPS) is 12.1. The Hall–Kier alpha value is -2.68. The fraction of sp³-hybridized carbons (Fsp3) is 0.217. The van der Waals surface area contributed by atoms with Gasteiger partial charge in [-0.3, -0.25) is 4.40 Å². The number of benzene rings is 2. The van der Waals surface area contributed by atoms with Gasteiger partial charge in [-0.1, -0.05) is 86.3 Å². The molecule has 2 aromatic carbocycles. The van der Waals surface area contributed by atoms with Crippen molar-refractivity contribution >= 4 is 27.4 Å². The zero-order valence-electron chi connectivity index (χ0n) is 17.4. The van der Waals surface area contributed by atoms with Gasteiger partial charge in [-0.2, -0.15) is 4.31 Å². The zero-order chi connectivity index (χ0) is 21.8. The van der Waals surface area contributed by atoms with Crippen molar-refractivity contribution in [1.82, 2.24) is 18.9 Å². The summed E-state index contributed by atoms with van der Waals surface area (Å²) in [5, 5.41) is 9.25. The molecule has 0 aliphatic carbocycles. The van der Waals surface area contributed by atoms with Gasteiger partial charge in [0.1, 0.15) is 0 Å². The molecule has 8 heteroatoms. The highest BCUT2D eigenvalue weighted by atomic mass is 32.2. The smallest absolute Gasteiger partial charge is 0.244 e. The molecule has 0 bridgehead atoms. The van der Waals surface area contributed by atoms with E-state index < -0.39 is 10.0 Å². The van der Waals surface area contributed by atoms with Gasteiger partial charge >= 0.3 is 0 Å². The molecule has 0 radical (unpaired) electrons. The van der Waals surface area contributed by atoms with Crippen molar-refractivity contribution in [1.29, 1.82) is 0 Å². The lowest BCUT2D eigenvalue weighted by molar-refractivity contribution is 0.445. The van der Waals surface area contributed by atoms with Gasteiger partial charge in [0.2, 0.25) is 10.0 Å². The fourth-order valence-corrected chi connectivity index (χ4v) is 6.09. The minimum absolute atomic E-state index is 0.00200. The van der Waals surface area contributed by atoms with Crippen LogP contribution in [0.5, 0.6) is 0 Å². The largest absolute Gasteiger partial charge is 0.276 e. The Balaban J connectivity index is 1.77. The molecule has 0 N–H and O–H groups in total. The van der Waals surface area contributed by atoms with Gasteiger partial charge in [-0.05, 0) is 23.3 Å². The third-order valence-corrected chi connectivity index (χ3v) is 8.42. The summed E-state index contributed by atoms with van der Waals surface area (Å²) in [5.74, 6) is 0. The molecule has 2 aromatic heterocycles. The monoisotopic (exact) mass is 452 g/mol. The number of sulfonamides is 1. The van der Waals surface area contributed by atoms with Crippen LogP contribution in [0.1, 0.15) is 30.2 Å². The van der Waals surface area contributed by atoms with Crippen LogP contribution in [-0.4, -0.2) is 40.4 Å². The third kappa shape index (κ3) is 4.37. The number of thioether (sulfide) groups is 1. The van der Waals surface area contributed by atoms with Crippen LogP contribution in [0.3, 0.4) is 0 Å². The predicted molar refractivity (Wildman–Crippen MR) is 124 cm³/mol. The Labute approximate surface area is 187 Å². The molecule has 0 unspecified atom stereocenters. The molecule has 0 aliphatic rings. The van der Waals surface area contributed by atoms with E-state index in [1.54, 1.807) is 34.5 Å². The second-order valence-electron chi connectivity index (χ2n) is 6.98. The van der Waals surface area contributed by atoms with Gasteiger partial charge in [0.25, 0.3) is 0 Å². The first-order valence-electron chi connectivity index (χ1n) is 10.2. The van der Waals surface area contributed by atoms with Crippen molar-refractivity contribution < 1.29 is 8.42 Å². The third-order valence-electron chi connectivity index (χ3n) is 5.12. The second-order valence-corrected chi connectivity index (χ2v) is 9.99. The molecule has 0 aliphatic heterocycles. The van der Waals surface area contributed by atoms with Crippen molar-refractivity contribution in [2.75, 3.05) is 13.1 Å². The first kappa shape index (κ1) is 21.5. The highest BCUT2D eigenvalue weighted by molar-refractivity contribution is 7.99. The molecule has 31 heavy (non-hydrogen) atoms. The van der Waals surface area contributed by atoms with E-state index in [-0.39, 0.29) is 10.1 Å². The van der Waals surface area contributed by atoms with Crippen LogP contribution in [-0.2, 0) is 10.0 Å². The second kappa shape index (κ2) is 9.21. The maximum atomic E-state index is 13.0. The molecule has 2 heterocycles. The number of pyridine rings is 1. The molecule has 0 spiro atoms. The Morgan fingerprint density at radius 2 is 1.45 bits per heavy atom. The van der Waals surface area contributed by atoms with Crippen molar-refractivity contribution in [3.05, 3.63) is 90.1 Å². The molecule has 6 nitrogen and oxygen atoms in total. The summed E-state index contributed by atoms with van der Waals surface area (Å²) < 4.78 is 29.2. The van der Waals surface area contributed by atoms with E-state index in [9.17, 15) is 8.42 Å². The topological polar surface area (TPSA) is 67.6 Å². The van der Waals surface area contributed by atoms with Gasteiger partial charge in [-0.15, -0.1) is 10.2 Å². The maximum Gasteiger partial charge on any atom is 0.244 e. The SMILES string of the molecule is CCN(CC)S(=O)(=O)c1ccc2nnc(SC(c3ccccc3)c3ccccc3)n2c1. The Bertz CT molecular complexity index is 1220. The maximum absolute atomic E-state index is 13.0. The minimum Gasteiger partial charge on any atom is -0.276 e. The van der Waals surface area contributed by atoms with Crippen LogP contribution >= 0.6 is 11.8 Å². The molecule has 0 atom stereocenters. The van der Waals surface area contributed by atoms with Crippen LogP contribution < -0.4 is 0 Å². The van der Waals surface area contributed by atoms with E-state index in [2.05, 4.69) is 34.5 Å². The van der Waals surface area contributed by atoms with E-state index in [0.29, 0.717) is 23.9 Å².